The van der Waals surface area contributed by atoms with Crippen LogP contribution in [0.2, 0.25) is 0 Å². The predicted octanol–water partition coefficient (Wildman–Crippen LogP) is 5.71. The second-order valence-electron chi connectivity index (χ2n) is 7.17. The lowest BCUT2D eigenvalue weighted by Gasteiger charge is -2.17. The van der Waals surface area contributed by atoms with Crippen LogP contribution in [0.3, 0.4) is 0 Å². The van der Waals surface area contributed by atoms with Gasteiger partial charge in [0.15, 0.2) is 0 Å². The average Bonchev–Trinajstić information content (AvgIpc) is 2.77. The Morgan fingerprint density at radius 1 is 0.774 bits per heavy atom. The molecule has 160 valence electrons. The molecule has 0 unspecified atom stereocenters. The molecule has 0 aliphatic carbocycles. The summed E-state index contributed by atoms with van der Waals surface area (Å²) in [7, 11) is 0. The third-order valence-corrected chi connectivity index (χ3v) is 4.97. The molecule has 0 aliphatic rings. The molecule has 5 heteroatoms. The van der Waals surface area contributed by atoms with Crippen molar-refractivity contribution in [2.45, 2.75) is 26.2 Å². The summed E-state index contributed by atoms with van der Waals surface area (Å²) < 4.78 is 5.65. The van der Waals surface area contributed by atoms with E-state index in [1.54, 1.807) is 24.3 Å². The number of carbonyl (C=O) groups is 1. The Morgan fingerprint density at radius 3 is 1.71 bits per heavy atom. The van der Waals surface area contributed by atoms with Crippen LogP contribution in [0, 0.1) is 0 Å². The van der Waals surface area contributed by atoms with Crippen LogP contribution in [-0.2, 0) is 4.79 Å². The zero-order valence-electron chi connectivity index (χ0n) is 17.4. The average molecular weight is 418 g/mol. The van der Waals surface area contributed by atoms with Gasteiger partial charge in [-0.05, 0) is 77.1 Å². The van der Waals surface area contributed by atoms with E-state index in [0.29, 0.717) is 18.8 Å². The summed E-state index contributed by atoms with van der Waals surface area (Å²) >= 11 is 0. The topological polar surface area (TPSA) is 87.0 Å². The summed E-state index contributed by atoms with van der Waals surface area (Å²) in [5, 5.41) is 28.1. The van der Waals surface area contributed by atoms with Crippen molar-refractivity contribution in [2.75, 3.05) is 6.61 Å². The molecule has 0 atom stereocenters. The first kappa shape index (κ1) is 22.0. The van der Waals surface area contributed by atoms with E-state index in [0.717, 1.165) is 34.3 Å². The molecule has 5 nitrogen and oxygen atoms in total. The molecule has 0 fully saturated rings. The van der Waals surface area contributed by atoms with E-state index in [1.165, 1.54) is 0 Å². The number of allylic oxidation sites excluding steroid dienone is 1. The molecule has 0 saturated carbocycles. The fraction of sp³-hybridized carbons (Fsp3) is 0.192. The van der Waals surface area contributed by atoms with Crippen LogP contribution < -0.4 is 4.74 Å². The Morgan fingerprint density at radius 2 is 1.26 bits per heavy atom. The molecule has 0 aromatic heterocycles. The highest BCUT2D eigenvalue weighted by Gasteiger charge is 2.13. The Bertz CT molecular complexity index is 985. The first-order valence-electron chi connectivity index (χ1n) is 10.2. The molecule has 0 aliphatic heterocycles. The standard InChI is InChI=1S/C26H26O5/c1-2-24(18-9-15-23(16-10-18)31-17-3-4-25(29)30)26(19-5-11-21(27)12-6-19)20-7-13-22(28)14-8-20/h5-16,27-28H,2-4,17H2,1H3,(H,29,30). The summed E-state index contributed by atoms with van der Waals surface area (Å²) in [6.07, 6.45) is 1.32. The first-order chi connectivity index (χ1) is 15.0. The number of rotatable bonds is 9. The number of phenols is 2. The molecule has 3 aromatic rings. The largest absolute Gasteiger partial charge is 0.508 e. The van der Waals surface area contributed by atoms with Crippen LogP contribution in [0.5, 0.6) is 17.2 Å². The second kappa shape index (κ2) is 10.3. The summed E-state index contributed by atoms with van der Waals surface area (Å²) in [5.74, 6) is 0.278. The quantitative estimate of drug-likeness (QED) is 0.306. The Kier molecular flexibility index (Phi) is 7.33. The van der Waals surface area contributed by atoms with Crippen LogP contribution in [0.1, 0.15) is 42.9 Å². The van der Waals surface area contributed by atoms with Gasteiger partial charge in [0.05, 0.1) is 6.61 Å². The third kappa shape index (κ3) is 5.89. The molecule has 0 heterocycles. The predicted molar refractivity (Wildman–Crippen MR) is 121 cm³/mol. The minimum Gasteiger partial charge on any atom is -0.508 e. The van der Waals surface area contributed by atoms with E-state index in [4.69, 9.17) is 9.84 Å². The lowest BCUT2D eigenvalue weighted by Crippen LogP contribution is -2.02. The molecular formula is C26H26O5. The van der Waals surface area contributed by atoms with Crippen molar-refractivity contribution in [1.29, 1.82) is 0 Å². The fourth-order valence-electron chi connectivity index (χ4n) is 3.46. The van der Waals surface area contributed by atoms with Crippen LogP contribution in [0.4, 0.5) is 0 Å². The summed E-state index contributed by atoms with van der Waals surface area (Å²) in [6.45, 7) is 2.45. The highest BCUT2D eigenvalue weighted by Crippen LogP contribution is 2.36. The van der Waals surface area contributed by atoms with Crippen LogP contribution in [-0.4, -0.2) is 27.9 Å². The Hall–Kier alpha value is -3.73. The Labute approximate surface area is 181 Å². The van der Waals surface area contributed by atoms with Gasteiger partial charge in [0.2, 0.25) is 0 Å². The van der Waals surface area contributed by atoms with Crippen molar-refractivity contribution >= 4 is 17.1 Å². The van der Waals surface area contributed by atoms with Crippen LogP contribution in [0.15, 0.2) is 72.8 Å². The monoisotopic (exact) mass is 418 g/mol. The second-order valence-corrected chi connectivity index (χ2v) is 7.17. The first-order valence-corrected chi connectivity index (χ1v) is 10.2. The molecule has 31 heavy (non-hydrogen) atoms. The highest BCUT2D eigenvalue weighted by atomic mass is 16.5. The van der Waals surface area contributed by atoms with E-state index in [1.807, 2.05) is 48.5 Å². The number of aromatic hydroxyl groups is 2. The number of carboxylic acid groups (broad SMARTS) is 1. The molecule has 3 aromatic carbocycles. The minimum atomic E-state index is -0.826. The molecule has 0 spiro atoms. The normalized spacial score (nSPS) is 10.5. The van der Waals surface area contributed by atoms with E-state index >= 15 is 0 Å². The number of aliphatic carboxylic acids is 1. The van der Waals surface area contributed by atoms with Crippen molar-refractivity contribution in [2.24, 2.45) is 0 Å². The zero-order valence-corrected chi connectivity index (χ0v) is 17.4. The van der Waals surface area contributed by atoms with Crippen LogP contribution in [0.25, 0.3) is 11.1 Å². The van der Waals surface area contributed by atoms with E-state index in [9.17, 15) is 15.0 Å². The maximum Gasteiger partial charge on any atom is 0.303 e. The minimum absolute atomic E-state index is 0.0867. The highest BCUT2D eigenvalue weighted by molar-refractivity contribution is 5.98. The number of hydrogen-bond donors (Lipinski definition) is 3. The number of hydrogen-bond acceptors (Lipinski definition) is 4. The molecule has 0 radical (unpaired) electrons. The van der Waals surface area contributed by atoms with Crippen molar-refractivity contribution < 1.29 is 24.9 Å². The number of carboxylic acids is 1. The number of phenolic OH excluding ortho intramolecular Hbond substituents is 2. The number of benzene rings is 3. The lowest BCUT2D eigenvalue weighted by atomic mass is 9.88. The molecule has 3 N–H and O–H groups in total. The molecule has 0 amide bonds. The van der Waals surface area contributed by atoms with Gasteiger partial charge < -0.3 is 20.1 Å². The van der Waals surface area contributed by atoms with Gasteiger partial charge in [0.25, 0.3) is 0 Å². The lowest BCUT2D eigenvalue weighted by molar-refractivity contribution is -0.137. The van der Waals surface area contributed by atoms with Crippen molar-refractivity contribution in [3.05, 3.63) is 89.5 Å². The van der Waals surface area contributed by atoms with Gasteiger partial charge in [-0.2, -0.15) is 0 Å². The van der Waals surface area contributed by atoms with Gasteiger partial charge in [0.1, 0.15) is 17.2 Å². The summed E-state index contributed by atoms with van der Waals surface area (Å²) in [4.78, 5) is 10.6. The van der Waals surface area contributed by atoms with E-state index in [-0.39, 0.29) is 17.9 Å². The van der Waals surface area contributed by atoms with Gasteiger partial charge >= 0.3 is 5.97 Å². The van der Waals surface area contributed by atoms with Gasteiger partial charge in [-0.3, -0.25) is 4.79 Å². The maximum atomic E-state index is 10.6. The molecule has 0 saturated heterocycles. The van der Waals surface area contributed by atoms with Crippen molar-refractivity contribution in [3.8, 4) is 17.2 Å². The van der Waals surface area contributed by atoms with Crippen molar-refractivity contribution in [1.82, 2.24) is 0 Å². The Balaban J connectivity index is 1.96. The molecular weight excluding hydrogens is 392 g/mol. The van der Waals surface area contributed by atoms with E-state index in [2.05, 4.69) is 6.92 Å². The van der Waals surface area contributed by atoms with Crippen LogP contribution >= 0.6 is 0 Å². The number of ether oxygens (including phenoxy) is 1. The molecule has 0 bridgehead atoms. The SMILES string of the molecule is CCC(=C(c1ccc(O)cc1)c1ccc(O)cc1)c1ccc(OCCCC(=O)O)cc1. The van der Waals surface area contributed by atoms with Gasteiger partial charge in [-0.1, -0.05) is 43.3 Å². The summed E-state index contributed by atoms with van der Waals surface area (Å²) in [6, 6.07) is 21.9. The maximum absolute atomic E-state index is 10.6. The van der Waals surface area contributed by atoms with Crippen molar-refractivity contribution in [3.63, 3.8) is 0 Å². The smallest absolute Gasteiger partial charge is 0.303 e. The van der Waals surface area contributed by atoms with Gasteiger partial charge in [-0.25, -0.2) is 0 Å². The molecule has 3 rings (SSSR count). The fourth-order valence-corrected chi connectivity index (χ4v) is 3.46. The summed E-state index contributed by atoms with van der Waals surface area (Å²) in [5.41, 5.74) is 5.12. The van der Waals surface area contributed by atoms with E-state index < -0.39 is 5.97 Å². The zero-order chi connectivity index (χ0) is 22.2. The van der Waals surface area contributed by atoms with Gasteiger partial charge in [-0.15, -0.1) is 0 Å². The third-order valence-electron chi connectivity index (χ3n) is 4.97. The van der Waals surface area contributed by atoms with Gasteiger partial charge in [0, 0.05) is 6.42 Å².